The van der Waals surface area contributed by atoms with Gasteiger partial charge in [0.25, 0.3) is 0 Å². The van der Waals surface area contributed by atoms with Crippen molar-refractivity contribution in [3.05, 3.63) is 29.6 Å². The highest BCUT2D eigenvalue weighted by atomic mass is 19.1. The molecule has 1 fully saturated rings. The van der Waals surface area contributed by atoms with Crippen molar-refractivity contribution in [2.45, 2.75) is 24.8 Å². The van der Waals surface area contributed by atoms with Crippen LogP contribution in [0.3, 0.4) is 0 Å². The Morgan fingerprint density at radius 2 is 2.35 bits per heavy atom. The lowest BCUT2D eigenvalue weighted by atomic mass is 9.87. The van der Waals surface area contributed by atoms with E-state index in [2.05, 4.69) is 0 Å². The van der Waals surface area contributed by atoms with Gasteiger partial charge in [0, 0.05) is 12.1 Å². The molecule has 1 unspecified atom stereocenters. The maximum Gasteiger partial charge on any atom is 0.165 e. The van der Waals surface area contributed by atoms with E-state index in [0.717, 1.165) is 25.0 Å². The Morgan fingerprint density at radius 1 is 1.53 bits per heavy atom. The summed E-state index contributed by atoms with van der Waals surface area (Å²) in [5, 5.41) is 0. The average molecular weight is 239 g/mol. The molecule has 0 radical (unpaired) electrons. The second-order valence-electron chi connectivity index (χ2n) is 4.66. The summed E-state index contributed by atoms with van der Waals surface area (Å²) in [6.45, 7) is 1.32. The number of methoxy groups -OCH3 is 1. The van der Waals surface area contributed by atoms with Gasteiger partial charge in [0.15, 0.2) is 11.6 Å². The zero-order valence-electron chi connectivity index (χ0n) is 10.0. The zero-order valence-corrected chi connectivity index (χ0v) is 10.0. The van der Waals surface area contributed by atoms with E-state index in [1.807, 2.05) is 6.07 Å². The van der Waals surface area contributed by atoms with Crippen LogP contribution in [0, 0.1) is 5.82 Å². The average Bonchev–Trinajstić information content (AvgIpc) is 2.29. The maximum atomic E-state index is 13.5. The summed E-state index contributed by atoms with van der Waals surface area (Å²) in [4.78, 5) is 0. The highest BCUT2D eigenvalue weighted by Crippen LogP contribution is 2.24. The molecule has 94 valence electrons. The molecule has 1 saturated heterocycles. The van der Waals surface area contributed by atoms with E-state index in [1.54, 1.807) is 6.07 Å². The fraction of sp³-hybridized carbons (Fsp3) is 0.538. The molecule has 2 N–H and O–H groups in total. The molecule has 3 nitrogen and oxygen atoms in total. The van der Waals surface area contributed by atoms with Gasteiger partial charge in [-0.3, -0.25) is 0 Å². The number of hydrogen-bond acceptors (Lipinski definition) is 3. The van der Waals surface area contributed by atoms with Crippen LogP contribution in [0.15, 0.2) is 18.2 Å². The standard InChI is InChI=1S/C13H18FNO2/c1-16-12-4-3-10(7-11(12)14)8-13(15)5-2-6-17-9-13/h3-4,7H,2,5-6,8-9,15H2,1H3. The summed E-state index contributed by atoms with van der Waals surface area (Å²) in [5.74, 6) is -0.0787. The topological polar surface area (TPSA) is 44.5 Å². The first kappa shape index (κ1) is 12.3. The summed E-state index contributed by atoms with van der Waals surface area (Å²) < 4.78 is 23.8. The van der Waals surface area contributed by atoms with Gasteiger partial charge >= 0.3 is 0 Å². The van der Waals surface area contributed by atoms with Gasteiger partial charge in [-0.15, -0.1) is 0 Å². The highest BCUT2D eigenvalue weighted by molar-refractivity contribution is 5.30. The van der Waals surface area contributed by atoms with Crippen molar-refractivity contribution in [3.8, 4) is 5.75 Å². The summed E-state index contributed by atoms with van der Waals surface area (Å²) in [6, 6.07) is 4.98. The number of nitrogens with two attached hydrogens (primary N) is 1. The lowest BCUT2D eigenvalue weighted by molar-refractivity contribution is 0.0382. The van der Waals surface area contributed by atoms with E-state index in [-0.39, 0.29) is 17.1 Å². The van der Waals surface area contributed by atoms with Crippen LogP contribution in [0.1, 0.15) is 18.4 Å². The first-order chi connectivity index (χ1) is 8.13. The van der Waals surface area contributed by atoms with E-state index in [1.165, 1.54) is 13.2 Å². The minimum atomic E-state index is -0.362. The number of benzene rings is 1. The van der Waals surface area contributed by atoms with Crippen LogP contribution < -0.4 is 10.5 Å². The van der Waals surface area contributed by atoms with Crippen LogP contribution in [0.25, 0.3) is 0 Å². The van der Waals surface area contributed by atoms with Crippen LogP contribution >= 0.6 is 0 Å². The van der Waals surface area contributed by atoms with Crippen LogP contribution in [0.4, 0.5) is 4.39 Å². The molecule has 0 bridgehead atoms. The Balaban J connectivity index is 2.10. The monoisotopic (exact) mass is 239 g/mol. The molecule has 2 rings (SSSR count). The van der Waals surface area contributed by atoms with Gasteiger partial charge in [-0.25, -0.2) is 4.39 Å². The number of ether oxygens (including phenoxy) is 2. The zero-order chi connectivity index (χ0) is 12.3. The first-order valence-electron chi connectivity index (χ1n) is 5.82. The molecule has 0 aromatic heterocycles. The fourth-order valence-corrected chi connectivity index (χ4v) is 2.24. The van der Waals surface area contributed by atoms with Crippen molar-refractivity contribution in [2.75, 3.05) is 20.3 Å². The number of hydrogen-bond donors (Lipinski definition) is 1. The normalized spacial score (nSPS) is 24.6. The van der Waals surface area contributed by atoms with Crippen LogP contribution in [0.2, 0.25) is 0 Å². The second kappa shape index (κ2) is 5.02. The predicted molar refractivity (Wildman–Crippen MR) is 63.6 cm³/mol. The van der Waals surface area contributed by atoms with E-state index in [4.69, 9.17) is 15.2 Å². The Labute approximate surface area is 101 Å². The summed E-state index contributed by atoms with van der Waals surface area (Å²) in [6.07, 6.45) is 2.52. The van der Waals surface area contributed by atoms with Crippen molar-refractivity contribution in [1.29, 1.82) is 0 Å². The van der Waals surface area contributed by atoms with Crippen molar-refractivity contribution in [2.24, 2.45) is 5.73 Å². The van der Waals surface area contributed by atoms with E-state index < -0.39 is 0 Å². The third kappa shape index (κ3) is 2.96. The molecule has 0 spiro atoms. The number of rotatable bonds is 3. The summed E-state index contributed by atoms with van der Waals surface area (Å²) in [5.41, 5.74) is 6.76. The molecule has 4 heteroatoms. The van der Waals surface area contributed by atoms with Gasteiger partial charge in [0.1, 0.15) is 0 Å². The molecule has 1 heterocycles. The molecule has 1 aromatic rings. The van der Waals surface area contributed by atoms with E-state index in [0.29, 0.717) is 13.0 Å². The molecular weight excluding hydrogens is 221 g/mol. The number of halogens is 1. The summed E-state index contributed by atoms with van der Waals surface area (Å²) in [7, 11) is 1.46. The Bertz CT molecular complexity index is 389. The first-order valence-corrected chi connectivity index (χ1v) is 5.82. The van der Waals surface area contributed by atoms with Gasteiger partial charge in [0.2, 0.25) is 0 Å². The third-order valence-corrected chi connectivity index (χ3v) is 3.13. The Hall–Kier alpha value is -1.13. The molecular formula is C13H18FNO2. The largest absolute Gasteiger partial charge is 0.494 e. The molecule has 0 aliphatic carbocycles. The van der Waals surface area contributed by atoms with Crippen molar-refractivity contribution in [3.63, 3.8) is 0 Å². The van der Waals surface area contributed by atoms with Gasteiger partial charge < -0.3 is 15.2 Å². The van der Waals surface area contributed by atoms with E-state index in [9.17, 15) is 4.39 Å². The minimum absolute atomic E-state index is 0.264. The molecule has 1 aliphatic rings. The molecule has 0 saturated carbocycles. The third-order valence-electron chi connectivity index (χ3n) is 3.13. The van der Waals surface area contributed by atoms with Crippen molar-refractivity contribution in [1.82, 2.24) is 0 Å². The smallest absolute Gasteiger partial charge is 0.165 e. The van der Waals surface area contributed by atoms with Crippen molar-refractivity contribution >= 4 is 0 Å². The predicted octanol–water partition coefficient (Wildman–Crippen LogP) is 1.88. The van der Waals surface area contributed by atoms with Crippen molar-refractivity contribution < 1.29 is 13.9 Å². The fourth-order valence-electron chi connectivity index (χ4n) is 2.24. The summed E-state index contributed by atoms with van der Waals surface area (Å²) >= 11 is 0. The van der Waals surface area contributed by atoms with Crippen LogP contribution in [-0.4, -0.2) is 25.9 Å². The minimum Gasteiger partial charge on any atom is -0.494 e. The molecule has 0 amide bonds. The molecule has 17 heavy (non-hydrogen) atoms. The quantitative estimate of drug-likeness (QED) is 0.876. The lowest BCUT2D eigenvalue weighted by Gasteiger charge is -2.33. The maximum absolute atomic E-state index is 13.5. The van der Waals surface area contributed by atoms with Gasteiger partial charge in [0.05, 0.1) is 13.7 Å². The molecule has 1 aliphatic heterocycles. The van der Waals surface area contributed by atoms with Crippen LogP contribution in [-0.2, 0) is 11.2 Å². The van der Waals surface area contributed by atoms with Gasteiger partial charge in [-0.2, -0.15) is 0 Å². The highest BCUT2D eigenvalue weighted by Gasteiger charge is 2.28. The lowest BCUT2D eigenvalue weighted by Crippen LogP contribution is -2.49. The SMILES string of the molecule is COc1ccc(CC2(N)CCCOC2)cc1F. The second-order valence-corrected chi connectivity index (χ2v) is 4.66. The molecule has 1 atom stereocenters. The Morgan fingerprint density at radius 3 is 2.94 bits per heavy atom. The van der Waals surface area contributed by atoms with Gasteiger partial charge in [-0.1, -0.05) is 6.07 Å². The van der Waals surface area contributed by atoms with E-state index >= 15 is 0 Å². The van der Waals surface area contributed by atoms with Gasteiger partial charge in [-0.05, 0) is 37.0 Å². The van der Waals surface area contributed by atoms with Crippen LogP contribution in [0.5, 0.6) is 5.75 Å². The molecule has 1 aromatic carbocycles. The Kier molecular flexibility index (Phi) is 3.64.